The van der Waals surface area contributed by atoms with Crippen LogP contribution in [-0.4, -0.2) is 34.7 Å². The van der Waals surface area contributed by atoms with E-state index in [0.717, 1.165) is 42.7 Å². The largest absolute Gasteiger partial charge is 0.380 e. The molecule has 0 spiro atoms. The molecule has 26 heavy (non-hydrogen) atoms. The van der Waals surface area contributed by atoms with Crippen LogP contribution in [0.3, 0.4) is 0 Å². The van der Waals surface area contributed by atoms with E-state index in [1.807, 2.05) is 43.3 Å². The van der Waals surface area contributed by atoms with Crippen molar-refractivity contribution in [2.24, 2.45) is 0 Å². The van der Waals surface area contributed by atoms with Gasteiger partial charge in [-0.2, -0.15) is 0 Å². The molecule has 0 radical (unpaired) electrons. The Morgan fingerprint density at radius 1 is 1.12 bits per heavy atom. The summed E-state index contributed by atoms with van der Waals surface area (Å²) in [5.74, 6) is 0. The minimum absolute atomic E-state index is 0.256. The number of nitrogens with zero attached hydrogens (tertiary/aromatic N) is 1. The highest BCUT2D eigenvalue weighted by Gasteiger charge is 2.20. The van der Waals surface area contributed by atoms with Crippen LogP contribution in [0.2, 0.25) is 0 Å². The Bertz CT molecular complexity index is 863. The number of ether oxygens (including phenoxy) is 1. The molecule has 0 amide bonds. The van der Waals surface area contributed by atoms with Crippen molar-refractivity contribution >= 4 is 21.4 Å². The molecule has 1 aliphatic heterocycles. The predicted octanol–water partition coefficient (Wildman–Crippen LogP) is 3.72. The monoisotopic (exact) mass is 374 g/mol. The molecule has 1 saturated heterocycles. The lowest BCUT2D eigenvalue weighted by molar-refractivity contribution is 0.0893. The molecular formula is C20H26N2O3S. The number of rotatable bonds is 5. The number of nitrogens with one attached hydrogen (secondary N) is 1. The Kier molecular flexibility index (Phi) is 5.53. The van der Waals surface area contributed by atoms with Gasteiger partial charge in [-0.1, -0.05) is 12.1 Å². The second kappa shape index (κ2) is 7.68. The van der Waals surface area contributed by atoms with Crippen molar-refractivity contribution in [3.8, 4) is 0 Å². The molecule has 2 aromatic rings. The maximum Gasteiger partial charge on any atom is 0.262 e. The van der Waals surface area contributed by atoms with Gasteiger partial charge in [-0.05, 0) is 68.1 Å². The predicted molar refractivity (Wildman–Crippen MR) is 105 cm³/mol. The minimum atomic E-state index is -3.60. The van der Waals surface area contributed by atoms with Gasteiger partial charge in [0.05, 0.1) is 11.0 Å². The molecule has 3 rings (SSSR count). The number of benzene rings is 2. The van der Waals surface area contributed by atoms with E-state index >= 15 is 0 Å². The first-order valence-corrected chi connectivity index (χ1v) is 10.4. The summed E-state index contributed by atoms with van der Waals surface area (Å²) >= 11 is 0. The van der Waals surface area contributed by atoms with Crippen molar-refractivity contribution in [2.45, 2.75) is 37.7 Å². The van der Waals surface area contributed by atoms with Crippen LogP contribution in [0.4, 0.5) is 11.4 Å². The van der Waals surface area contributed by atoms with E-state index in [2.05, 4.69) is 9.62 Å². The zero-order valence-electron chi connectivity index (χ0n) is 15.5. The summed E-state index contributed by atoms with van der Waals surface area (Å²) in [4.78, 5) is 2.60. The number of methoxy groups -OCH3 is 1. The normalized spacial score (nSPS) is 18.0. The lowest BCUT2D eigenvalue weighted by Gasteiger charge is -2.33. The summed E-state index contributed by atoms with van der Waals surface area (Å²) in [6.45, 7) is 5.55. The van der Waals surface area contributed by atoms with Crippen LogP contribution >= 0.6 is 0 Å². The van der Waals surface area contributed by atoms with E-state index in [0.29, 0.717) is 10.6 Å². The molecule has 6 heteroatoms. The van der Waals surface area contributed by atoms with Gasteiger partial charge in [0.25, 0.3) is 10.0 Å². The van der Waals surface area contributed by atoms with Crippen LogP contribution in [-0.2, 0) is 14.8 Å². The zero-order chi connectivity index (χ0) is 18.7. The van der Waals surface area contributed by atoms with E-state index < -0.39 is 10.0 Å². The topological polar surface area (TPSA) is 58.6 Å². The van der Waals surface area contributed by atoms with Gasteiger partial charge < -0.3 is 9.64 Å². The molecule has 0 bridgehead atoms. The van der Waals surface area contributed by atoms with Gasteiger partial charge in [-0.3, -0.25) is 4.72 Å². The molecule has 1 aliphatic rings. The molecule has 1 N–H and O–H groups in total. The molecular weight excluding hydrogens is 348 g/mol. The minimum Gasteiger partial charge on any atom is -0.380 e. The highest BCUT2D eigenvalue weighted by Crippen LogP contribution is 2.25. The van der Waals surface area contributed by atoms with Crippen LogP contribution in [0.5, 0.6) is 0 Å². The van der Waals surface area contributed by atoms with Gasteiger partial charge in [0.2, 0.25) is 0 Å². The summed E-state index contributed by atoms with van der Waals surface area (Å²) in [6.07, 6.45) is 2.44. The van der Waals surface area contributed by atoms with Gasteiger partial charge >= 0.3 is 0 Å². The smallest absolute Gasteiger partial charge is 0.262 e. The quantitative estimate of drug-likeness (QED) is 0.867. The Balaban J connectivity index is 1.75. The first kappa shape index (κ1) is 18.7. The van der Waals surface area contributed by atoms with E-state index in [-0.39, 0.29) is 6.10 Å². The van der Waals surface area contributed by atoms with Crippen LogP contribution in [0.25, 0.3) is 0 Å². The number of sulfonamides is 1. The van der Waals surface area contributed by atoms with Crippen LogP contribution in [0, 0.1) is 13.8 Å². The lowest BCUT2D eigenvalue weighted by atomic mass is 10.1. The van der Waals surface area contributed by atoms with E-state index in [9.17, 15) is 8.42 Å². The zero-order valence-corrected chi connectivity index (χ0v) is 16.3. The van der Waals surface area contributed by atoms with E-state index in [1.54, 1.807) is 20.1 Å². The number of hydrogen-bond donors (Lipinski definition) is 1. The Hall–Kier alpha value is -2.05. The third-order valence-corrected chi connectivity index (χ3v) is 6.35. The van der Waals surface area contributed by atoms with Gasteiger partial charge in [-0.15, -0.1) is 0 Å². The van der Waals surface area contributed by atoms with Crippen molar-refractivity contribution in [2.75, 3.05) is 29.8 Å². The average molecular weight is 375 g/mol. The molecule has 2 aromatic carbocycles. The summed E-state index contributed by atoms with van der Waals surface area (Å²) in [5.41, 5.74) is 3.30. The molecule has 1 atom stereocenters. The highest BCUT2D eigenvalue weighted by molar-refractivity contribution is 7.92. The Labute approximate surface area is 156 Å². The highest BCUT2D eigenvalue weighted by atomic mass is 32.2. The Morgan fingerprint density at radius 3 is 2.54 bits per heavy atom. The number of anilines is 2. The first-order valence-electron chi connectivity index (χ1n) is 8.87. The second-order valence-electron chi connectivity index (χ2n) is 6.87. The number of hydrogen-bond acceptors (Lipinski definition) is 4. The number of piperidine rings is 1. The molecule has 5 nitrogen and oxygen atoms in total. The van der Waals surface area contributed by atoms with Crippen molar-refractivity contribution in [3.05, 3.63) is 53.6 Å². The maximum atomic E-state index is 12.7. The van der Waals surface area contributed by atoms with Gasteiger partial charge in [0, 0.05) is 31.6 Å². The van der Waals surface area contributed by atoms with Crippen molar-refractivity contribution in [1.29, 1.82) is 0 Å². The molecule has 1 unspecified atom stereocenters. The van der Waals surface area contributed by atoms with E-state index in [4.69, 9.17) is 4.74 Å². The SMILES string of the molecule is COC1CCCN(c2ccc(NS(=O)(=O)c3cc(C)ccc3C)cc2)C1. The summed E-state index contributed by atoms with van der Waals surface area (Å²) in [6, 6.07) is 13.0. The van der Waals surface area contributed by atoms with Crippen LogP contribution in [0.15, 0.2) is 47.4 Å². The van der Waals surface area contributed by atoms with Crippen molar-refractivity contribution in [1.82, 2.24) is 0 Å². The van der Waals surface area contributed by atoms with Crippen LogP contribution in [0.1, 0.15) is 24.0 Å². The van der Waals surface area contributed by atoms with Crippen molar-refractivity contribution < 1.29 is 13.2 Å². The second-order valence-corrected chi connectivity index (χ2v) is 8.52. The fourth-order valence-corrected chi connectivity index (χ4v) is 4.70. The molecule has 1 fully saturated rings. The van der Waals surface area contributed by atoms with Gasteiger partial charge in [-0.25, -0.2) is 8.42 Å². The number of aryl methyl sites for hydroxylation is 2. The van der Waals surface area contributed by atoms with Crippen molar-refractivity contribution in [3.63, 3.8) is 0 Å². The fourth-order valence-electron chi connectivity index (χ4n) is 3.31. The fraction of sp³-hybridized carbons (Fsp3) is 0.400. The van der Waals surface area contributed by atoms with Crippen LogP contribution < -0.4 is 9.62 Å². The van der Waals surface area contributed by atoms with E-state index in [1.165, 1.54) is 0 Å². The summed E-state index contributed by atoms with van der Waals surface area (Å²) in [7, 11) is -1.85. The molecule has 0 aliphatic carbocycles. The third kappa shape index (κ3) is 4.19. The molecule has 0 saturated carbocycles. The lowest BCUT2D eigenvalue weighted by Crippen LogP contribution is -2.39. The van der Waals surface area contributed by atoms with Gasteiger partial charge in [0.1, 0.15) is 0 Å². The molecule has 140 valence electrons. The molecule has 1 heterocycles. The van der Waals surface area contributed by atoms with Gasteiger partial charge in [0.15, 0.2) is 0 Å². The standard InChI is InChI=1S/C20H26N2O3S/c1-15-6-7-16(2)20(13-15)26(23,24)21-17-8-10-18(11-9-17)22-12-4-5-19(14-22)25-3/h6-11,13,19,21H,4-5,12,14H2,1-3H3. The average Bonchev–Trinajstić information content (AvgIpc) is 2.64. The molecule has 0 aromatic heterocycles. The maximum absolute atomic E-state index is 12.7. The summed E-state index contributed by atoms with van der Waals surface area (Å²) < 4.78 is 33.6. The summed E-state index contributed by atoms with van der Waals surface area (Å²) in [5, 5.41) is 0. The first-order chi connectivity index (χ1) is 12.4. The third-order valence-electron chi connectivity index (χ3n) is 4.83. The Morgan fingerprint density at radius 2 is 1.85 bits per heavy atom.